The Balaban J connectivity index is 5.84. The lowest BCUT2D eigenvalue weighted by Crippen LogP contribution is -2.57. The highest BCUT2D eigenvalue weighted by atomic mass is 16.4. The number of amides is 6. The second-order valence-electron chi connectivity index (χ2n) is 11.8. The molecule has 23 nitrogen and oxygen atoms in total. The van der Waals surface area contributed by atoms with Gasteiger partial charge < -0.3 is 76.9 Å². The first-order valence-corrected chi connectivity index (χ1v) is 16.6. The maximum Gasteiger partial charge on any atom is 0.328 e. The van der Waals surface area contributed by atoms with E-state index in [4.69, 9.17) is 40.1 Å². The van der Waals surface area contributed by atoms with Crippen molar-refractivity contribution in [2.75, 3.05) is 26.2 Å². The quantitative estimate of drug-likeness (QED) is 0.0211. The SMILES string of the molecule is C[C@@H](O)[C@H](NC(=O)[C@H](CCCN=C(N)N)NC(=O)CNC(=O)[C@H](CCC(N)=O)NC(=O)[C@H](CCCN=C(N)N)NC(=O)[C@@H](N)CCCCN)C(=O)O. The second kappa shape index (κ2) is 25.6. The number of nitrogens with zero attached hydrogens (tertiary/aromatic N) is 2. The maximum atomic E-state index is 13.4. The topological polar surface area (TPSA) is 427 Å². The van der Waals surface area contributed by atoms with Gasteiger partial charge in [0.15, 0.2) is 18.0 Å². The number of carboxylic acid groups (broad SMARTS) is 1. The first-order chi connectivity index (χ1) is 24.4. The number of hydrogen-bond acceptors (Lipinski definition) is 12. The summed E-state index contributed by atoms with van der Waals surface area (Å²) in [6.07, 6.45) is -0.229. The van der Waals surface area contributed by atoms with Gasteiger partial charge in [-0.1, -0.05) is 6.42 Å². The molecule has 0 heterocycles. The smallest absolute Gasteiger partial charge is 0.328 e. The van der Waals surface area contributed by atoms with E-state index in [1.807, 2.05) is 0 Å². The average Bonchev–Trinajstić information content (AvgIpc) is 3.06. The molecule has 0 saturated heterocycles. The Morgan fingerprint density at radius 2 is 1.15 bits per heavy atom. The fourth-order valence-corrected chi connectivity index (χ4v) is 4.47. The lowest BCUT2D eigenvalue weighted by Gasteiger charge is -2.24. The highest BCUT2D eigenvalue weighted by molar-refractivity contribution is 5.95. The number of primary amides is 1. The van der Waals surface area contributed by atoms with E-state index in [2.05, 4.69) is 36.6 Å². The molecule has 0 aromatic rings. The third-order valence-electron chi connectivity index (χ3n) is 7.26. The molecule has 6 amide bonds. The van der Waals surface area contributed by atoms with Gasteiger partial charge in [0.25, 0.3) is 0 Å². The maximum absolute atomic E-state index is 13.4. The first-order valence-electron chi connectivity index (χ1n) is 16.6. The van der Waals surface area contributed by atoms with E-state index in [9.17, 15) is 43.8 Å². The van der Waals surface area contributed by atoms with Crippen LogP contribution in [0.4, 0.5) is 0 Å². The van der Waals surface area contributed by atoms with E-state index in [1.165, 1.54) is 0 Å². The van der Waals surface area contributed by atoms with Gasteiger partial charge in [0.1, 0.15) is 18.1 Å². The lowest BCUT2D eigenvalue weighted by atomic mass is 10.1. The van der Waals surface area contributed by atoms with Crippen molar-refractivity contribution < 1.29 is 43.8 Å². The van der Waals surface area contributed by atoms with Crippen LogP contribution >= 0.6 is 0 Å². The predicted molar refractivity (Wildman–Crippen MR) is 189 cm³/mol. The Labute approximate surface area is 301 Å². The Kier molecular flexibility index (Phi) is 23.0. The summed E-state index contributed by atoms with van der Waals surface area (Å²) in [5.74, 6) is -6.91. The van der Waals surface area contributed by atoms with E-state index >= 15 is 0 Å². The molecular weight excluding hydrogens is 688 g/mol. The molecule has 0 aromatic heterocycles. The summed E-state index contributed by atoms with van der Waals surface area (Å²) in [4.78, 5) is 95.8. The number of aliphatic imine (C=N–C) groups is 2. The van der Waals surface area contributed by atoms with Gasteiger partial charge in [0, 0.05) is 19.5 Å². The lowest BCUT2D eigenvalue weighted by molar-refractivity contribution is -0.145. The predicted octanol–water partition coefficient (Wildman–Crippen LogP) is -6.66. The zero-order valence-corrected chi connectivity index (χ0v) is 29.3. The summed E-state index contributed by atoms with van der Waals surface area (Å²) in [5.41, 5.74) is 38.0. The van der Waals surface area contributed by atoms with Crippen LogP contribution in [0.3, 0.4) is 0 Å². The minimum Gasteiger partial charge on any atom is -0.480 e. The molecule has 23 heteroatoms. The number of carbonyl (C=O) groups is 7. The molecule has 0 radical (unpaired) electrons. The Morgan fingerprint density at radius 1 is 0.654 bits per heavy atom. The van der Waals surface area contributed by atoms with Gasteiger partial charge >= 0.3 is 5.97 Å². The van der Waals surface area contributed by atoms with Gasteiger partial charge in [-0.3, -0.25) is 38.8 Å². The van der Waals surface area contributed by atoms with Crippen LogP contribution in [0.25, 0.3) is 0 Å². The van der Waals surface area contributed by atoms with Crippen molar-refractivity contribution in [1.82, 2.24) is 26.6 Å². The van der Waals surface area contributed by atoms with Crippen molar-refractivity contribution in [3.63, 3.8) is 0 Å². The van der Waals surface area contributed by atoms with Crippen molar-refractivity contribution in [2.24, 2.45) is 50.1 Å². The molecule has 0 aromatic carbocycles. The van der Waals surface area contributed by atoms with Gasteiger partial charge in [-0.2, -0.15) is 0 Å². The summed E-state index contributed by atoms with van der Waals surface area (Å²) in [6.45, 7) is 1.02. The fraction of sp³-hybridized carbons (Fsp3) is 0.690. The number of carboxylic acids is 1. The minimum absolute atomic E-state index is 0.0286. The van der Waals surface area contributed by atoms with E-state index in [0.29, 0.717) is 25.8 Å². The number of rotatable bonds is 27. The molecule has 0 fully saturated rings. The standard InChI is InChI=1S/C29H56N14O9/c1-15(44)22(27(51)52)43-26(50)17(7-4-12-37-28(33)34)40-21(46)14-39-24(48)19(9-10-20(32)45)42-25(49)18(8-5-13-38-29(35)36)41-23(47)16(31)6-2-3-11-30/h15-19,22,44H,2-14,30-31H2,1H3,(H2,32,45)(H,39,48)(H,40,46)(H,41,47)(H,42,49)(H,43,50)(H,51,52)(H4,33,34,37)(H4,35,36,38)/t15-,16+,17+,18+,19+,22+/m1/s1. The summed E-state index contributed by atoms with van der Waals surface area (Å²) in [5, 5.41) is 30.9. The third-order valence-corrected chi connectivity index (χ3v) is 7.26. The zero-order chi connectivity index (χ0) is 39.8. The largest absolute Gasteiger partial charge is 0.480 e. The molecule has 296 valence electrons. The molecule has 0 aliphatic rings. The summed E-state index contributed by atoms with van der Waals surface area (Å²) >= 11 is 0. The van der Waals surface area contributed by atoms with Crippen LogP contribution in [0.15, 0.2) is 9.98 Å². The molecular formula is C29H56N14O9. The van der Waals surface area contributed by atoms with Crippen LogP contribution in [0.5, 0.6) is 0 Å². The van der Waals surface area contributed by atoms with Gasteiger partial charge in [-0.05, 0) is 58.4 Å². The molecule has 0 saturated carbocycles. The third kappa shape index (κ3) is 21.0. The van der Waals surface area contributed by atoms with E-state index in [0.717, 1.165) is 6.92 Å². The minimum atomic E-state index is -1.69. The Morgan fingerprint density at radius 3 is 1.63 bits per heavy atom. The van der Waals surface area contributed by atoms with E-state index < -0.39 is 84.3 Å². The summed E-state index contributed by atoms with van der Waals surface area (Å²) in [7, 11) is 0. The van der Waals surface area contributed by atoms with Crippen LogP contribution in [0, 0.1) is 0 Å². The average molecular weight is 745 g/mol. The highest BCUT2D eigenvalue weighted by Crippen LogP contribution is 2.06. The summed E-state index contributed by atoms with van der Waals surface area (Å²) < 4.78 is 0. The molecule has 52 heavy (non-hydrogen) atoms. The van der Waals surface area contributed by atoms with Crippen molar-refractivity contribution in [3.8, 4) is 0 Å². The molecule has 6 atom stereocenters. The van der Waals surface area contributed by atoms with Crippen molar-refractivity contribution in [2.45, 2.75) is 101 Å². The van der Waals surface area contributed by atoms with Gasteiger partial charge in [-0.25, -0.2) is 4.79 Å². The number of guanidine groups is 2. The Bertz CT molecular complexity index is 1260. The normalized spacial score (nSPS) is 14.2. The summed E-state index contributed by atoms with van der Waals surface area (Å²) in [6, 6.07) is -6.60. The van der Waals surface area contributed by atoms with Crippen LogP contribution in [0.2, 0.25) is 0 Å². The Hall–Kier alpha value is -5.29. The molecule has 0 aliphatic carbocycles. The van der Waals surface area contributed by atoms with Crippen molar-refractivity contribution in [3.05, 3.63) is 0 Å². The molecule has 0 aliphatic heterocycles. The zero-order valence-electron chi connectivity index (χ0n) is 29.3. The van der Waals surface area contributed by atoms with Crippen LogP contribution in [-0.4, -0.2) is 126 Å². The molecule has 0 unspecified atom stereocenters. The molecule has 21 N–H and O–H groups in total. The fourth-order valence-electron chi connectivity index (χ4n) is 4.47. The number of unbranched alkanes of at least 4 members (excludes halogenated alkanes) is 1. The monoisotopic (exact) mass is 744 g/mol. The number of aliphatic hydroxyl groups is 1. The van der Waals surface area contributed by atoms with Crippen LogP contribution in [0.1, 0.15) is 64.7 Å². The number of hydrogen-bond donors (Lipinski definition) is 14. The number of nitrogens with two attached hydrogens (primary N) is 7. The number of aliphatic carboxylic acids is 1. The molecule has 0 bridgehead atoms. The number of aliphatic hydroxyl groups excluding tert-OH is 1. The van der Waals surface area contributed by atoms with Crippen molar-refractivity contribution >= 4 is 53.3 Å². The van der Waals surface area contributed by atoms with E-state index in [-0.39, 0.29) is 63.5 Å². The molecule has 0 spiro atoms. The van der Waals surface area contributed by atoms with Crippen molar-refractivity contribution in [1.29, 1.82) is 0 Å². The van der Waals surface area contributed by atoms with Gasteiger partial charge in [0.05, 0.1) is 18.7 Å². The first kappa shape index (κ1) is 46.7. The highest BCUT2D eigenvalue weighted by Gasteiger charge is 2.31. The van der Waals surface area contributed by atoms with E-state index in [1.54, 1.807) is 0 Å². The van der Waals surface area contributed by atoms with Gasteiger partial charge in [-0.15, -0.1) is 0 Å². The number of carbonyl (C=O) groups excluding carboxylic acids is 6. The molecule has 0 rings (SSSR count). The second-order valence-corrected chi connectivity index (χ2v) is 11.8. The van der Waals surface area contributed by atoms with Crippen LogP contribution < -0.4 is 66.7 Å². The number of nitrogens with one attached hydrogen (secondary N) is 5. The van der Waals surface area contributed by atoms with Gasteiger partial charge in [0.2, 0.25) is 35.4 Å². The van der Waals surface area contributed by atoms with Crippen LogP contribution in [-0.2, 0) is 33.6 Å².